The number of hydrogen-bond acceptors (Lipinski definition) is 13. The molecule has 16 aliphatic carbocycles. The summed E-state index contributed by atoms with van der Waals surface area (Å²) in [6.45, 7) is 26.6. The summed E-state index contributed by atoms with van der Waals surface area (Å²) in [6.07, 6.45) is 38.9. The van der Waals surface area contributed by atoms with Crippen molar-refractivity contribution < 1.29 is 71.0 Å². The van der Waals surface area contributed by atoms with E-state index in [1.54, 1.807) is 6.92 Å². The highest BCUT2D eigenvalue weighted by Crippen LogP contribution is 2.72. The van der Waals surface area contributed by atoms with Gasteiger partial charge in [0.05, 0.1) is 48.8 Å². The molecule has 16 saturated carbocycles. The lowest BCUT2D eigenvalue weighted by Gasteiger charge is -2.61. The van der Waals surface area contributed by atoms with Crippen molar-refractivity contribution >= 4 is 33.5 Å². The Labute approximate surface area is 619 Å². The van der Waals surface area contributed by atoms with Crippen molar-refractivity contribution in [2.45, 2.75) is 360 Å². The summed E-state index contributed by atoms with van der Waals surface area (Å²) < 4.78 is 55.4. The van der Waals surface area contributed by atoms with E-state index < -0.39 is 10.4 Å². The van der Waals surface area contributed by atoms with Gasteiger partial charge in [0, 0.05) is 67.2 Å². The summed E-state index contributed by atoms with van der Waals surface area (Å²) in [5.74, 6) is 13.9. The molecule has 588 valence electrons. The zero-order valence-corrected chi connectivity index (χ0v) is 63.1. The van der Waals surface area contributed by atoms with Crippen LogP contribution in [0.5, 0.6) is 0 Å². The Morgan fingerprint density at radius 1 is 0.392 bits per heavy atom. The van der Waals surface area contributed by atoms with Crippen LogP contribution in [0.4, 0.5) is 0 Å². The summed E-state index contributed by atoms with van der Waals surface area (Å²) in [5.41, 5.74) is 1.61. The first-order valence-electron chi connectivity index (χ1n) is 40.6. The molecule has 2 aliphatic heterocycles. The van der Waals surface area contributed by atoms with Crippen LogP contribution in [0.1, 0.15) is 311 Å². The Morgan fingerprint density at radius 2 is 0.755 bits per heavy atom. The van der Waals surface area contributed by atoms with Gasteiger partial charge < -0.3 is 34.3 Å². The summed E-state index contributed by atoms with van der Waals surface area (Å²) in [4.78, 5) is 49.8. The minimum Gasteiger partial charge on any atom is -0.397 e. The fourth-order valence-electron chi connectivity index (χ4n) is 29.5. The fraction of sp³-hybridized carbons (Fsp3) is 0.953. The van der Waals surface area contributed by atoms with Crippen molar-refractivity contribution in [3.8, 4) is 0 Å². The zero-order valence-electron chi connectivity index (χ0n) is 62.3. The first-order chi connectivity index (χ1) is 46.3. The normalized spacial score (nSPS) is 51.5. The Bertz CT molecular complexity index is 2940. The largest absolute Gasteiger partial charge is 0.397 e. The molecule has 15 nitrogen and oxygen atoms in total. The second kappa shape index (κ2) is 31.2. The zero-order chi connectivity index (χ0) is 70.2. The molecule has 16 heteroatoms. The van der Waals surface area contributed by atoms with Crippen LogP contribution in [0.3, 0.4) is 0 Å². The molecule has 32 atom stereocenters. The molecular formula is C86H148O15S. The van der Waals surface area contributed by atoms with E-state index >= 15 is 0 Å². The van der Waals surface area contributed by atoms with Gasteiger partial charge in [-0.05, 0) is 317 Å². The van der Waals surface area contributed by atoms with Crippen LogP contribution in [0.25, 0.3) is 0 Å². The van der Waals surface area contributed by atoms with Gasteiger partial charge in [-0.2, -0.15) is 8.42 Å². The molecular weight excluding hydrogens is 1300 g/mol. The Balaban J connectivity index is 0.000000151. The summed E-state index contributed by atoms with van der Waals surface area (Å²) in [7, 11) is -4.67. The van der Waals surface area contributed by atoms with Crippen LogP contribution < -0.4 is 0 Å². The molecule has 18 aliphatic rings. The third kappa shape index (κ3) is 14.4. The number of aliphatic hydroxyl groups is 3. The average Bonchev–Trinajstić information content (AvgIpc) is 1.33. The molecule has 0 aromatic carbocycles. The Hall–Kier alpha value is -1.73. The van der Waals surface area contributed by atoms with Gasteiger partial charge in [-0.1, -0.05) is 85.1 Å². The van der Waals surface area contributed by atoms with Crippen LogP contribution in [-0.4, -0.2) is 125 Å². The van der Waals surface area contributed by atoms with Gasteiger partial charge in [-0.25, -0.2) is 0 Å². The molecule has 2 heterocycles. The molecule has 18 fully saturated rings. The number of hydrogen-bond donors (Lipinski definition) is 5. The third-order valence-electron chi connectivity index (χ3n) is 34.8. The van der Waals surface area contributed by atoms with E-state index in [1.807, 2.05) is 13.8 Å². The standard InChI is InChI=1S/2C21H34O3.2C19H28O2.C2H6O.4CH4.H2O4S/c1-4-24-19-16-6-5-13-14-7-8-18(23)21(14,3)11-9-15(13)20(16,2)12-10-17(19)22;1-4-24-18-12-21(3)13(11-17(18)22)5-6-14-15-7-8-19(23)20(15,2)10-9-16(14)21;1-18-10-8-15-17(21-15)14(18)4-3-11-12-5-6-16(20)19(12,2)9-7-13(11)18;1-18-8-7-14-12(13(18)5-6-17(18)20)4-3-11-9-15-16(21-15)10-19(11,14)2;1-2-3;;;;;1-5(2,3)4/h13-17,19,22H,4-12H2,1-3H3;13-18,22H,4-12H2,1-3H3;11-15,17H,3-10H2,1-2H3;11-16H,3-10H2,1-2H3;3H,2H2,1H3;4*1H4;(H2,1,2,3,4)/t13-,14-,15-,16-,17+,19+,20+,21-;13-,14-,15-,16-,17-,18-,20-,21-;11-,12-,13-,14-,15+,17-,18+,19-;11-,12-,13-,14-,15-,16+,18-,19-;;;;;;/m0000....../s1. The monoisotopic (exact) mass is 1450 g/mol. The number of epoxide rings is 2. The molecule has 5 N–H and O–H groups in total. The molecule has 0 aromatic rings. The van der Waals surface area contributed by atoms with E-state index in [1.165, 1.54) is 116 Å². The molecule has 0 bridgehead atoms. The first kappa shape index (κ1) is 84.3. The molecule has 0 spiro atoms. The fourth-order valence-corrected chi connectivity index (χ4v) is 29.5. The number of rotatable bonds is 4. The number of ether oxygens (including phenoxy) is 4. The quantitative estimate of drug-likeness (QED) is 0.130. The highest BCUT2D eigenvalue weighted by atomic mass is 32.3. The molecule has 0 radical (unpaired) electrons. The van der Waals surface area contributed by atoms with Crippen LogP contribution in [-0.2, 0) is 48.5 Å². The SMILES string of the molecule is C.C.C.C.CCO.CCO[C@H]1C[C@@]2(C)[C@@H](CC[C@@H]3[C@@H]2CC[C@]2(C)C(=O)CC[C@@H]32)C[C@@H]1O.CCO[C@H]1[C@H](O)CC[C@]2(C)[C@H]3CC[C@]4(C)C(=O)CC[C@H]4[C@@H]3CC[C@@H]12.C[C@]12CC[C@H]3O[C@H]3[C@@H]1CC[C@@H]1[C@@H]2CC[C@]2(C)C(=O)CC[C@@H]12.C[C@]12C[C@H]3O[C@H]3C[C@@H]1CC[C@@H]1[C@@H]2CC[C@]2(C)C(=O)CC[C@@H]12.O=S(=O)(O)O. The lowest BCUT2D eigenvalue weighted by Crippen LogP contribution is -2.58. The van der Waals surface area contributed by atoms with Crippen LogP contribution in [0.15, 0.2) is 0 Å². The highest BCUT2D eigenvalue weighted by molar-refractivity contribution is 7.79. The van der Waals surface area contributed by atoms with Crippen LogP contribution in [0.2, 0.25) is 0 Å². The minimum absolute atomic E-state index is 0. The maximum atomic E-state index is 12.5. The summed E-state index contributed by atoms with van der Waals surface area (Å²) in [5, 5.41) is 28.6. The molecule has 102 heavy (non-hydrogen) atoms. The second-order valence-electron chi connectivity index (χ2n) is 38.2. The predicted octanol–water partition coefficient (Wildman–Crippen LogP) is 17.8. The lowest BCUT2D eigenvalue weighted by molar-refractivity contribution is -0.186. The van der Waals surface area contributed by atoms with E-state index in [-0.39, 0.29) is 93.2 Å². The van der Waals surface area contributed by atoms with Crippen molar-refractivity contribution in [1.29, 1.82) is 0 Å². The van der Waals surface area contributed by atoms with E-state index in [2.05, 4.69) is 55.4 Å². The smallest absolute Gasteiger partial charge is 0.394 e. The summed E-state index contributed by atoms with van der Waals surface area (Å²) in [6, 6.07) is 0. The third-order valence-corrected chi connectivity index (χ3v) is 34.8. The molecule has 0 aromatic heterocycles. The maximum Gasteiger partial charge on any atom is 0.394 e. The molecule has 18 rings (SSSR count). The van der Waals surface area contributed by atoms with E-state index in [9.17, 15) is 29.4 Å². The number of aliphatic hydroxyl groups excluding tert-OH is 3. The van der Waals surface area contributed by atoms with Crippen molar-refractivity contribution in [3.05, 3.63) is 0 Å². The minimum atomic E-state index is -4.67. The van der Waals surface area contributed by atoms with Gasteiger partial charge in [-0.3, -0.25) is 28.3 Å². The first-order valence-corrected chi connectivity index (χ1v) is 42.0. The van der Waals surface area contributed by atoms with Gasteiger partial charge in [0.25, 0.3) is 0 Å². The number of carbonyl (C=O) groups excluding carboxylic acids is 4. The van der Waals surface area contributed by atoms with Gasteiger partial charge in [0.15, 0.2) is 0 Å². The molecule has 0 amide bonds. The van der Waals surface area contributed by atoms with Crippen molar-refractivity contribution in [2.75, 3.05) is 19.8 Å². The van der Waals surface area contributed by atoms with Gasteiger partial charge in [0.1, 0.15) is 23.1 Å². The maximum absolute atomic E-state index is 12.5. The number of Topliss-reactive ketones (excluding diaryl/α,β-unsaturated/α-hetero) is 4. The average molecular weight is 1450 g/mol. The van der Waals surface area contributed by atoms with Crippen molar-refractivity contribution in [3.63, 3.8) is 0 Å². The topological polar surface area (TPSA) is 247 Å². The van der Waals surface area contributed by atoms with Crippen LogP contribution in [0, 0.1) is 138 Å². The highest BCUT2D eigenvalue weighted by Gasteiger charge is 2.68. The number of carbonyl (C=O) groups is 4. The van der Waals surface area contributed by atoms with Crippen molar-refractivity contribution in [1.82, 2.24) is 0 Å². The Kier molecular flexibility index (Phi) is 25.8. The van der Waals surface area contributed by atoms with E-state index in [0.717, 1.165) is 137 Å². The molecule has 0 unspecified atom stereocenters. The Morgan fingerprint density at radius 3 is 1.18 bits per heavy atom. The van der Waals surface area contributed by atoms with Crippen molar-refractivity contribution in [2.24, 2.45) is 138 Å². The lowest BCUT2D eigenvalue weighted by atomic mass is 9.44. The van der Waals surface area contributed by atoms with Gasteiger partial charge in [-0.15, -0.1) is 0 Å². The van der Waals surface area contributed by atoms with Gasteiger partial charge in [0.2, 0.25) is 0 Å². The van der Waals surface area contributed by atoms with Gasteiger partial charge >= 0.3 is 10.4 Å². The summed E-state index contributed by atoms with van der Waals surface area (Å²) >= 11 is 0. The van der Waals surface area contributed by atoms with E-state index in [0.29, 0.717) is 119 Å². The number of ketones is 4. The number of fused-ring (bicyclic) bond motifs is 23. The predicted molar refractivity (Wildman–Crippen MR) is 402 cm³/mol. The van der Waals surface area contributed by atoms with Crippen LogP contribution >= 0.6 is 0 Å². The second-order valence-corrected chi connectivity index (χ2v) is 39.1. The van der Waals surface area contributed by atoms with E-state index in [4.69, 9.17) is 41.6 Å². The molecule has 2 saturated heterocycles.